The monoisotopic (exact) mass is 265 g/mol. The van der Waals surface area contributed by atoms with Crippen LogP contribution in [0, 0.1) is 13.8 Å². The van der Waals surface area contributed by atoms with Gasteiger partial charge in [0.25, 0.3) is 0 Å². The number of rotatable bonds is 0. The summed E-state index contributed by atoms with van der Waals surface area (Å²) in [6, 6.07) is 0. The van der Waals surface area contributed by atoms with E-state index in [1.165, 1.54) is 0 Å². The first kappa shape index (κ1) is 32.7. The van der Waals surface area contributed by atoms with Crippen LogP contribution in [0.4, 0.5) is 0 Å². The topological polar surface area (TPSA) is 17.1 Å². The summed E-state index contributed by atoms with van der Waals surface area (Å²) < 4.78 is 0. The molecular weight excluding hydrogens is 254 g/mol. The maximum Gasteiger partial charge on any atom is 0 e. The van der Waals surface area contributed by atoms with E-state index in [-0.39, 0.29) is 65.4 Å². The van der Waals surface area contributed by atoms with Crippen molar-refractivity contribution in [2.45, 2.75) is 13.8 Å². The standard InChI is InChI=1S/2C2H5.CHO.2Y/c3*1-2;;/h2*1H2,2H3;1H;;/q3*-1;;. The second-order valence-corrected chi connectivity index (χ2v) is 0. The van der Waals surface area contributed by atoms with E-state index in [9.17, 15) is 0 Å². The summed E-state index contributed by atoms with van der Waals surface area (Å²) in [5.74, 6) is 0. The van der Waals surface area contributed by atoms with Crippen LogP contribution in [-0.2, 0) is 70.2 Å². The third-order valence-electron chi connectivity index (χ3n) is 0. The smallest absolute Gasteiger partial charge is 0 e. The van der Waals surface area contributed by atoms with Crippen molar-refractivity contribution in [1.29, 1.82) is 0 Å². The van der Waals surface area contributed by atoms with Gasteiger partial charge in [-0.05, 0) is 0 Å². The summed E-state index contributed by atoms with van der Waals surface area (Å²) in [6.45, 7) is 13.2. The molecule has 1 nitrogen and oxygen atoms in total. The normalized spacial score (nSPS) is 2.00. The van der Waals surface area contributed by atoms with Crippen LogP contribution in [0.25, 0.3) is 0 Å². The van der Waals surface area contributed by atoms with Gasteiger partial charge < -0.3 is 18.6 Å². The average Bonchev–Trinajstić information content (AvgIpc) is 1.81. The Morgan fingerprint density at radius 1 is 0.875 bits per heavy atom. The molecule has 0 saturated carbocycles. The van der Waals surface area contributed by atoms with Gasteiger partial charge in [0.2, 0.25) is 0 Å². The third-order valence-corrected chi connectivity index (χ3v) is 0. The minimum Gasteiger partial charge on any atom is -0.545 e. The van der Waals surface area contributed by atoms with Gasteiger partial charge in [0.1, 0.15) is 0 Å². The largest absolute Gasteiger partial charge is 0.545 e. The molecule has 8 heavy (non-hydrogen) atoms. The fraction of sp³-hybridized carbons (Fsp3) is 0.400. The molecule has 0 spiro atoms. The number of hydrogen-bond donors (Lipinski definition) is 0. The predicted molar refractivity (Wildman–Crippen MR) is 28.8 cm³/mol. The Morgan fingerprint density at radius 3 is 0.875 bits per heavy atom. The average molecular weight is 265 g/mol. The molecule has 0 atom stereocenters. The Morgan fingerprint density at radius 2 is 0.875 bits per heavy atom. The van der Waals surface area contributed by atoms with Crippen LogP contribution in [0.3, 0.4) is 0 Å². The van der Waals surface area contributed by atoms with Crippen LogP contribution in [0.15, 0.2) is 0 Å². The van der Waals surface area contributed by atoms with Gasteiger partial charge >= 0.3 is 0 Å². The van der Waals surface area contributed by atoms with E-state index < -0.39 is 0 Å². The molecule has 0 aromatic carbocycles. The predicted octanol–water partition coefficient (Wildman–Crippen LogP) is 1.40. The molecule has 0 aliphatic heterocycles. The zero-order valence-electron chi connectivity index (χ0n) is 5.55. The van der Waals surface area contributed by atoms with Crippen LogP contribution in [0.1, 0.15) is 13.8 Å². The summed E-state index contributed by atoms with van der Waals surface area (Å²) in [5.41, 5.74) is 0. The molecule has 0 bridgehead atoms. The van der Waals surface area contributed by atoms with Crippen molar-refractivity contribution in [3.05, 3.63) is 13.8 Å². The van der Waals surface area contributed by atoms with Gasteiger partial charge in [-0.3, -0.25) is 6.79 Å². The Kier molecular flexibility index (Phi) is 639. The summed E-state index contributed by atoms with van der Waals surface area (Å²) >= 11 is 0. The van der Waals surface area contributed by atoms with Crippen molar-refractivity contribution < 1.29 is 70.2 Å². The second kappa shape index (κ2) is 156. The first-order valence-corrected chi connectivity index (χ1v) is 1.65. The van der Waals surface area contributed by atoms with Crippen LogP contribution >= 0.6 is 0 Å². The quantitative estimate of drug-likeness (QED) is 0.478. The van der Waals surface area contributed by atoms with E-state index in [1.807, 2.05) is 0 Å². The molecular formula is C5H11OY2-3. The second-order valence-electron chi connectivity index (χ2n) is 0. The summed E-state index contributed by atoms with van der Waals surface area (Å²) in [6.07, 6.45) is 0. The van der Waals surface area contributed by atoms with Gasteiger partial charge in [-0.1, -0.05) is 0 Å². The Labute approximate surface area is 103 Å². The van der Waals surface area contributed by atoms with Crippen LogP contribution < -0.4 is 0 Å². The zero-order chi connectivity index (χ0) is 6.00. The summed E-state index contributed by atoms with van der Waals surface area (Å²) in [7, 11) is 0. The maximum absolute atomic E-state index is 7.75. The first-order valence-electron chi connectivity index (χ1n) is 1.65. The molecule has 0 N–H and O–H groups in total. The van der Waals surface area contributed by atoms with Crippen molar-refractivity contribution in [2.24, 2.45) is 0 Å². The molecule has 2 radical (unpaired) electrons. The van der Waals surface area contributed by atoms with Gasteiger partial charge in [0.05, 0.1) is 0 Å². The third kappa shape index (κ3) is 106. The van der Waals surface area contributed by atoms with Gasteiger partial charge in [-0.2, -0.15) is 13.8 Å². The van der Waals surface area contributed by atoms with Crippen LogP contribution in [0.5, 0.6) is 0 Å². The Balaban J connectivity index is -0.00000000500. The first-order chi connectivity index (χ1) is 3.00. The molecule has 0 rings (SSSR count). The Bertz CT molecular complexity index is 10.4. The van der Waals surface area contributed by atoms with E-state index in [0.29, 0.717) is 0 Å². The van der Waals surface area contributed by atoms with E-state index in [1.54, 1.807) is 13.8 Å². The molecule has 0 aliphatic rings. The van der Waals surface area contributed by atoms with Gasteiger partial charge in [0.15, 0.2) is 0 Å². The van der Waals surface area contributed by atoms with Crippen molar-refractivity contribution in [3.63, 3.8) is 0 Å². The maximum atomic E-state index is 7.75. The van der Waals surface area contributed by atoms with Gasteiger partial charge in [-0.15, -0.1) is 0 Å². The van der Waals surface area contributed by atoms with Crippen molar-refractivity contribution in [1.82, 2.24) is 0 Å². The van der Waals surface area contributed by atoms with Crippen molar-refractivity contribution >= 4 is 6.79 Å². The van der Waals surface area contributed by atoms with E-state index in [4.69, 9.17) is 4.79 Å². The summed E-state index contributed by atoms with van der Waals surface area (Å²) in [4.78, 5) is 7.75. The van der Waals surface area contributed by atoms with Crippen molar-refractivity contribution in [3.8, 4) is 0 Å². The molecule has 0 heterocycles. The number of carbonyl (C=O) groups excluding carboxylic acids is 1. The fourth-order valence-electron chi connectivity index (χ4n) is 0. The Hall–Kier alpha value is 1.88. The summed E-state index contributed by atoms with van der Waals surface area (Å²) in [5, 5.41) is 0. The molecule has 0 fully saturated rings. The zero-order valence-corrected chi connectivity index (χ0v) is 11.2. The van der Waals surface area contributed by atoms with E-state index in [2.05, 4.69) is 20.6 Å². The number of hydrogen-bond acceptors (Lipinski definition) is 1. The molecule has 0 aromatic rings. The molecule has 0 aliphatic carbocycles. The molecule has 46 valence electrons. The van der Waals surface area contributed by atoms with Gasteiger partial charge in [0, 0.05) is 65.4 Å². The molecule has 0 aromatic heterocycles. The van der Waals surface area contributed by atoms with Gasteiger partial charge in [-0.25, -0.2) is 0 Å². The molecule has 0 saturated heterocycles. The molecule has 0 unspecified atom stereocenters. The SMILES string of the molecule is [CH-]=O.[CH2-]C.[CH2-]C.[Y].[Y]. The van der Waals surface area contributed by atoms with Crippen molar-refractivity contribution in [2.75, 3.05) is 0 Å². The minimum atomic E-state index is 0. The minimum absolute atomic E-state index is 0. The van der Waals surface area contributed by atoms with Crippen LogP contribution in [0.2, 0.25) is 0 Å². The van der Waals surface area contributed by atoms with Crippen LogP contribution in [-0.4, -0.2) is 6.79 Å². The van der Waals surface area contributed by atoms with E-state index >= 15 is 0 Å². The van der Waals surface area contributed by atoms with E-state index in [0.717, 1.165) is 0 Å². The molecule has 3 heteroatoms. The fourth-order valence-corrected chi connectivity index (χ4v) is 0. The molecule has 0 amide bonds.